The van der Waals surface area contributed by atoms with Crippen molar-refractivity contribution < 1.29 is 53.9 Å². The molecule has 0 unspecified atom stereocenters. The summed E-state index contributed by atoms with van der Waals surface area (Å²) in [5.41, 5.74) is 3.44. The number of nitrogens with zero attached hydrogens (tertiary/aromatic N) is 2. The van der Waals surface area contributed by atoms with Gasteiger partial charge in [-0.3, -0.25) is 4.79 Å². The van der Waals surface area contributed by atoms with Gasteiger partial charge in [-0.25, -0.2) is 19.2 Å². The average Bonchev–Trinajstić information content (AvgIpc) is 3.70. The third-order valence-electron chi connectivity index (χ3n) is 7.73. The molecule has 5 rings (SSSR count). The van der Waals surface area contributed by atoms with E-state index < -0.39 is 23.9 Å². The highest BCUT2D eigenvalue weighted by Gasteiger charge is 2.29. The molecule has 3 aliphatic rings. The zero-order valence-electron chi connectivity index (χ0n) is 25.6. The Balaban J connectivity index is 0.000000299. The van der Waals surface area contributed by atoms with Crippen LogP contribution in [0.5, 0.6) is 11.5 Å². The second-order valence-electron chi connectivity index (χ2n) is 10.9. The van der Waals surface area contributed by atoms with Crippen LogP contribution in [0.1, 0.15) is 41.6 Å². The maximum absolute atomic E-state index is 13.1. The number of hydrogen-bond acceptors (Lipinski definition) is 9. The van der Waals surface area contributed by atoms with Crippen molar-refractivity contribution in [3.05, 3.63) is 71.8 Å². The van der Waals surface area contributed by atoms with Gasteiger partial charge in [0.05, 0.1) is 0 Å². The molecule has 2 aromatic rings. The van der Waals surface area contributed by atoms with Crippen LogP contribution < -0.4 is 9.47 Å². The molecule has 2 fully saturated rings. The molecule has 0 bridgehead atoms. The van der Waals surface area contributed by atoms with Gasteiger partial charge in [0.15, 0.2) is 5.78 Å². The van der Waals surface area contributed by atoms with Crippen molar-refractivity contribution in [3.8, 4) is 22.6 Å². The van der Waals surface area contributed by atoms with Gasteiger partial charge in [-0.1, -0.05) is 0 Å². The summed E-state index contributed by atoms with van der Waals surface area (Å²) in [7, 11) is 4.29. The summed E-state index contributed by atoms with van der Waals surface area (Å²) in [5, 5.41) is 31.2. The summed E-state index contributed by atoms with van der Waals surface area (Å²) in [5.74, 6) is -3.42. The van der Waals surface area contributed by atoms with Crippen molar-refractivity contribution in [3.63, 3.8) is 0 Å². The van der Waals surface area contributed by atoms with Crippen molar-refractivity contribution >= 4 is 29.7 Å². The van der Waals surface area contributed by atoms with Gasteiger partial charge in [0, 0.05) is 47.5 Å². The number of carboxylic acid groups (broad SMARTS) is 4. The van der Waals surface area contributed by atoms with Crippen molar-refractivity contribution in [1.29, 1.82) is 0 Å². The zero-order chi connectivity index (χ0) is 33.8. The quantitative estimate of drug-likeness (QED) is 0.237. The molecule has 4 N–H and O–H groups in total. The van der Waals surface area contributed by atoms with E-state index in [2.05, 4.69) is 23.9 Å². The van der Waals surface area contributed by atoms with E-state index in [9.17, 15) is 24.0 Å². The van der Waals surface area contributed by atoms with E-state index in [0.29, 0.717) is 49.6 Å². The summed E-state index contributed by atoms with van der Waals surface area (Å²) >= 11 is 0. The molecule has 246 valence electrons. The predicted molar refractivity (Wildman–Crippen MR) is 166 cm³/mol. The number of ether oxygens (including phenoxy) is 2. The first kappa shape index (κ1) is 35.5. The fourth-order valence-corrected chi connectivity index (χ4v) is 5.27. The van der Waals surface area contributed by atoms with Gasteiger partial charge in [-0.05, 0) is 100 Å². The summed E-state index contributed by atoms with van der Waals surface area (Å²) in [6.45, 7) is 3.61. The van der Waals surface area contributed by atoms with Crippen molar-refractivity contribution in [1.82, 2.24) is 9.80 Å². The van der Waals surface area contributed by atoms with Gasteiger partial charge in [-0.2, -0.15) is 0 Å². The van der Waals surface area contributed by atoms with E-state index in [1.54, 1.807) is 0 Å². The van der Waals surface area contributed by atoms with Crippen LogP contribution in [0.2, 0.25) is 0 Å². The Bertz CT molecular complexity index is 1360. The maximum Gasteiger partial charge on any atom is 0.328 e. The fraction of sp³-hybridized carbons (Fsp3) is 0.364. The number of carboxylic acids is 4. The monoisotopic (exact) mass is 638 g/mol. The van der Waals surface area contributed by atoms with Gasteiger partial charge >= 0.3 is 23.9 Å². The van der Waals surface area contributed by atoms with E-state index in [0.717, 1.165) is 46.8 Å². The lowest BCUT2D eigenvalue weighted by Crippen LogP contribution is -2.30. The number of carbonyl (C=O) groups excluding carboxylic acids is 1. The first-order chi connectivity index (χ1) is 21.8. The minimum atomic E-state index is -1.26. The lowest BCUT2D eigenvalue weighted by molar-refractivity contribution is -0.134. The van der Waals surface area contributed by atoms with E-state index in [-0.39, 0.29) is 5.78 Å². The number of rotatable bonds is 10. The van der Waals surface area contributed by atoms with E-state index >= 15 is 0 Å². The Kier molecular flexibility index (Phi) is 13.0. The number of likely N-dealkylation sites (N-methyl/N-ethyl adjacent to an activating group) is 2. The molecule has 0 amide bonds. The molecule has 2 aromatic carbocycles. The Labute approximate surface area is 265 Å². The van der Waals surface area contributed by atoms with Crippen molar-refractivity contribution in [2.24, 2.45) is 0 Å². The SMILES string of the molecule is CN1CCC[C@H]1COc1ccc2c(c1)C(=O)c1cc(OC[C@@H]3CCCN3C)ccc1-2.O=C(O)/C=C/C(=O)O.O=C(O)/C=C/C(=O)O. The number of likely N-dealkylation sites (tertiary alicyclic amines) is 2. The molecule has 0 saturated carbocycles. The number of fused-ring (bicyclic) bond motifs is 3. The Morgan fingerprint density at radius 2 is 1.00 bits per heavy atom. The molecule has 13 nitrogen and oxygen atoms in total. The lowest BCUT2D eigenvalue weighted by atomic mass is 10.1. The summed E-state index contributed by atoms with van der Waals surface area (Å²) in [6.07, 6.45) is 7.03. The van der Waals surface area contributed by atoms with Crippen LogP contribution in [-0.4, -0.2) is 112 Å². The first-order valence-electron chi connectivity index (χ1n) is 14.6. The average molecular weight is 639 g/mol. The minimum Gasteiger partial charge on any atom is -0.492 e. The zero-order valence-corrected chi connectivity index (χ0v) is 25.6. The molecule has 2 atom stereocenters. The van der Waals surface area contributed by atoms with Gasteiger partial charge in [-0.15, -0.1) is 0 Å². The number of aliphatic carboxylic acids is 4. The highest BCUT2D eigenvalue weighted by molar-refractivity contribution is 6.22. The van der Waals surface area contributed by atoms with E-state index in [4.69, 9.17) is 29.9 Å². The lowest BCUT2D eigenvalue weighted by Gasteiger charge is -2.19. The summed E-state index contributed by atoms with van der Waals surface area (Å²) in [4.78, 5) is 56.0. The molecule has 2 heterocycles. The first-order valence-corrected chi connectivity index (χ1v) is 14.6. The smallest absolute Gasteiger partial charge is 0.328 e. The summed E-state index contributed by atoms with van der Waals surface area (Å²) in [6, 6.07) is 12.7. The molecule has 1 aliphatic carbocycles. The number of carbonyl (C=O) groups is 5. The van der Waals surface area contributed by atoms with Crippen LogP contribution in [0.15, 0.2) is 60.7 Å². The normalized spacial score (nSPS) is 18.7. The number of hydrogen-bond donors (Lipinski definition) is 4. The molecule has 0 radical (unpaired) electrons. The van der Waals surface area contributed by atoms with Gasteiger partial charge in [0.2, 0.25) is 0 Å². The molecular formula is C33H38N2O11. The standard InChI is InChI=1S/C25H30N2O3.2C4H4O4/c1-26-11-3-5-17(26)15-29-19-7-9-21-22-10-8-20(14-24(22)25(28)23(21)13-19)30-16-18-6-4-12-27(18)2;2*5-3(6)1-2-4(7)8/h7-10,13-14,17-18H,3-6,11-12,15-16H2,1-2H3;2*1-2H,(H,5,6)(H,7,8)/b;2*2-1+/t17-,18-;;/m0../s1. The highest BCUT2D eigenvalue weighted by Crippen LogP contribution is 2.40. The third kappa shape index (κ3) is 10.6. The Hall–Kier alpha value is -5.01. The van der Waals surface area contributed by atoms with Crippen LogP contribution in [0, 0.1) is 0 Å². The fourth-order valence-electron chi connectivity index (χ4n) is 5.27. The van der Waals surface area contributed by atoms with Crippen LogP contribution in [0.25, 0.3) is 11.1 Å². The van der Waals surface area contributed by atoms with Gasteiger partial charge < -0.3 is 39.7 Å². The van der Waals surface area contributed by atoms with Gasteiger partial charge in [0.25, 0.3) is 0 Å². The molecule has 2 saturated heterocycles. The molecule has 13 heteroatoms. The van der Waals surface area contributed by atoms with Crippen molar-refractivity contribution in [2.75, 3.05) is 40.4 Å². The number of ketones is 1. The van der Waals surface area contributed by atoms with Crippen LogP contribution in [0.4, 0.5) is 0 Å². The molecule has 0 spiro atoms. The van der Waals surface area contributed by atoms with E-state index in [1.165, 1.54) is 25.7 Å². The molecular weight excluding hydrogens is 600 g/mol. The largest absolute Gasteiger partial charge is 0.492 e. The maximum atomic E-state index is 13.1. The van der Waals surface area contributed by atoms with Crippen LogP contribution in [-0.2, 0) is 19.2 Å². The second kappa shape index (κ2) is 16.9. The second-order valence-corrected chi connectivity index (χ2v) is 10.9. The topological polar surface area (TPSA) is 191 Å². The Morgan fingerprint density at radius 1 is 0.652 bits per heavy atom. The highest BCUT2D eigenvalue weighted by atomic mass is 16.5. The van der Waals surface area contributed by atoms with Crippen LogP contribution in [0.3, 0.4) is 0 Å². The minimum absolute atomic E-state index is 0.0619. The summed E-state index contributed by atoms with van der Waals surface area (Å²) < 4.78 is 12.1. The van der Waals surface area contributed by atoms with Crippen molar-refractivity contribution in [2.45, 2.75) is 37.8 Å². The van der Waals surface area contributed by atoms with Gasteiger partial charge in [0.1, 0.15) is 24.7 Å². The molecule has 0 aromatic heterocycles. The molecule has 2 aliphatic heterocycles. The third-order valence-corrected chi connectivity index (χ3v) is 7.73. The predicted octanol–water partition coefficient (Wildman–Crippen LogP) is 3.27. The molecule has 46 heavy (non-hydrogen) atoms. The Morgan fingerprint density at radius 3 is 1.28 bits per heavy atom. The number of benzene rings is 2. The van der Waals surface area contributed by atoms with E-state index in [1.807, 2.05) is 36.4 Å². The van der Waals surface area contributed by atoms with Crippen LogP contribution >= 0.6 is 0 Å².